The molecule has 1 aliphatic heterocycles. The van der Waals surface area contributed by atoms with Crippen LogP contribution in [0.15, 0.2) is 29.3 Å². The van der Waals surface area contributed by atoms with Gasteiger partial charge in [0, 0.05) is 33.1 Å². The van der Waals surface area contributed by atoms with Crippen LogP contribution in [0.25, 0.3) is 0 Å². The van der Waals surface area contributed by atoms with Gasteiger partial charge in [0.2, 0.25) is 5.91 Å². The smallest absolute Gasteiger partial charge is 0.220 e. The van der Waals surface area contributed by atoms with Gasteiger partial charge in [0.05, 0.1) is 12.6 Å². The third-order valence-electron chi connectivity index (χ3n) is 4.71. The number of rotatable bonds is 7. The lowest BCUT2D eigenvalue weighted by Crippen LogP contribution is -2.46. The van der Waals surface area contributed by atoms with E-state index >= 15 is 0 Å². The Morgan fingerprint density at radius 1 is 1.25 bits per heavy atom. The highest BCUT2D eigenvalue weighted by molar-refractivity contribution is 14.0. The molecule has 1 aliphatic rings. The van der Waals surface area contributed by atoms with E-state index in [0.29, 0.717) is 18.9 Å². The standard InChI is InChI=1S/C21H34N4O2.HI/c1-5-23-21(25-12-10-17(11-13-25)14-20(26)22-4)24-15-18-6-8-19(9-7-18)27-16(2)3;/h6-9,16-17H,5,10-15H2,1-4H3,(H,22,26)(H,23,24);1H. The van der Waals surface area contributed by atoms with Crippen molar-refractivity contribution in [1.82, 2.24) is 15.5 Å². The van der Waals surface area contributed by atoms with Gasteiger partial charge in [-0.2, -0.15) is 0 Å². The summed E-state index contributed by atoms with van der Waals surface area (Å²) in [6, 6.07) is 8.14. The SMILES string of the molecule is CCNC(=NCc1ccc(OC(C)C)cc1)N1CCC(CC(=O)NC)CC1.I. The van der Waals surface area contributed by atoms with Crippen LogP contribution in [0, 0.1) is 5.92 Å². The van der Waals surface area contributed by atoms with Crippen LogP contribution < -0.4 is 15.4 Å². The maximum atomic E-state index is 11.6. The summed E-state index contributed by atoms with van der Waals surface area (Å²) in [4.78, 5) is 18.7. The molecule has 0 aliphatic carbocycles. The van der Waals surface area contributed by atoms with E-state index in [9.17, 15) is 4.79 Å². The summed E-state index contributed by atoms with van der Waals surface area (Å²) in [6.45, 7) is 9.51. The molecule has 1 aromatic carbocycles. The minimum absolute atomic E-state index is 0. The van der Waals surface area contributed by atoms with Crippen molar-refractivity contribution in [3.63, 3.8) is 0 Å². The largest absolute Gasteiger partial charge is 0.491 e. The van der Waals surface area contributed by atoms with Crippen molar-refractivity contribution in [2.75, 3.05) is 26.7 Å². The van der Waals surface area contributed by atoms with Crippen LogP contribution in [0.3, 0.4) is 0 Å². The van der Waals surface area contributed by atoms with Gasteiger partial charge in [-0.05, 0) is 57.2 Å². The number of hydrogen-bond donors (Lipinski definition) is 2. The molecular formula is C21H35IN4O2. The van der Waals surface area contributed by atoms with E-state index in [1.807, 2.05) is 26.0 Å². The third kappa shape index (κ3) is 8.24. The first-order valence-electron chi connectivity index (χ1n) is 10.0. The molecule has 0 spiro atoms. The van der Waals surface area contributed by atoms with Crippen LogP contribution in [0.4, 0.5) is 0 Å². The molecule has 1 amide bonds. The average molecular weight is 502 g/mol. The number of ether oxygens (including phenoxy) is 1. The number of nitrogens with one attached hydrogen (secondary N) is 2. The van der Waals surface area contributed by atoms with E-state index in [0.717, 1.165) is 49.7 Å². The number of carbonyl (C=O) groups excluding carboxylic acids is 1. The van der Waals surface area contributed by atoms with Gasteiger partial charge in [-0.1, -0.05) is 12.1 Å². The minimum atomic E-state index is 0. The molecule has 1 fully saturated rings. The van der Waals surface area contributed by atoms with Gasteiger partial charge in [-0.15, -0.1) is 24.0 Å². The molecule has 0 bridgehead atoms. The second kappa shape index (κ2) is 12.9. The van der Waals surface area contributed by atoms with Crippen molar-refractivity contribution < 1.29 is 9.53 Å². The highest BCUT2D eigenvalue weighted by Crippen LogP contribution is 2.21. The Morgan fingerprint density at radius 3 is 2.43 bits per heavy atom. The molecule has 0 unspecified atom stereocenters. The number of guanidine groups is 1. The fraction of sp³-hybridized carbons (Fsp3) is 0.619. The molecule has 7 heteroatoms. The zero-order chi connectivity index (χ0) is 19.6. The van der Waals surface area contributed by atoms with E-state index in [1.54, 1.807) is 7.05 Å². The lowest BCUT2D eigenvalue weighted by atomic mass is 9.93. The molecule has 1 saturated heterocycles. The van der Waals surface area contributed by atoms with Crippen LogP contribution in [-0.4, -0.2) is 49.6 Å². The predicted molar refractivity (Wildman–Crippen MR) is 125 cm³/mol. The van der Waals surface area contributed by atoms with Crippen molar-refractivity contribution in [3.8, 4) is 5.75 Å². The molecule has 28 heavy (non-hydrogen) atoms. The zero-order valence-corrected chi connectivity index (χ0v) is 19.9. The lowest BCUT2D eigenvalue weighted by Gasteiger charge is -2.34. The van der Waals surface area contributed by atoms with Crippen molar-refractivity contribution >= 4 is 35.8 Å². The van der Waals surface area contributed by atoms with Gasteiger partial charge in [0.1, 0.15) is 5.75 Å². The quantitative estimate of drug-likeness (QED) is 0.341. The topological polar surface area (TPSA) is 66.0 Å². The highest BCUT2D eigenvalue weighted by atomic mass is 127. The fourth-order valence-corrected chi connectivity index (χ4v) is 3.25. The summed E-state index contributed by atoms with van der Waals surface area (Å²) in [7, 11) is 1.70. The summed E-state index contributed by atoms with van der Waals surface area (Å²) >= 11 is 0. The Morgan fingerprint density at radius 2 is 1.89 bits per heavy atom. The van der Waals surface area contributed by atoms with Crippen LogP contribution in [0.2, 0.25) is 0 Å². The van der Waals surface area contributed by atoms with Crippen molar-refractivity contribution in [2.24, 2.45) is 10.9 Å². The van der Waals surface area contributed by atoms with Crippen LogP contribution in [0.5, 0.6) is 5.75 Å². The maximum absolute atomic E-state index is 11.6. The number of halogens is 1. The maximum Gasteiger partial charge on any atom is 0.220 e. The second-order valence-electron chi connectivity index (χ2n) is 7.29. The van der Waals surface area contributed by atoms with E-state index in [1.165, 1.54) is 0 Å². The summed E-state index contributed by atoms with van der Waals surface area (Å²) in [5, 5.41) is 6.12. The fourth-order valence-electron chi connectivity index (χ4n) is 3.25. The number of nitrogens with zero attached hydrogens (tertiary/aromatic N) is 2. The number of piperidine rings is 1. The van der Waals surface area contributed by atoms with Gasteiger partial charge < -0.3 is 20.3 Å². The van der Waals surface area contributed by atoms with Crippen molar-refractivity contribution in [1.29, 1.82) is 0 Å². The number of benzene rings is 1. The van der Waals surface area contributed by atoms with E-state index in [2.05, 4.69) is 34.6 Å². The third-order valence-corrected chi connectivity index (χ3v) is 4.71. The van der Waals surface area contributed by atoms with Crippen LogP contribution in [-0.2, 0) is 11.3 Å². The van der Waals surface area contributed by atoms with Crippen LogP contribution >= 0.6 is 24.0 Å². The molecule has 0 aromatic heterocycles. The molecule has 0 saturated carbocycles. The molecule has 2 rings (SSSR count). The number of aliphatic imine (C=N–C) groups is 1. The molecule has 1 heterocycles. The lowest BCUT2D eigenvalue weighted by molar-refractivity contribution is -0.121. The molecular weight excluding hydrogens is 467 g/mol. The predicted octanol–water partition coefficient (Wildman–Crippen LogP) is 3.41. The average Bonchev–Trinajstić information content (AvgIpc) is 2.66. The summed E-state index contributed by atoms with van der Waals surface area (Å²) < 4.78 is 5.69. The first kappa shape index (κ1) is 24.5. The van der Waals surface area contributed by atoms with Crippen molar-refractivity contribution in [3.05, 3.63) is 29.8 Å². The first-order valence-corrected chi connectivity index (χ1v) is 10.0. The molecule has 6 nitrogen and oxygen atoms in total. The number of likely N-dealkylation sites (tertiary alicyclic amines) is 1. The Kier molecular flexibility index (Phi) is 11.3. The molecule has 0 radical (unpaired) electrons. The van der Waals surface area contributed by atoms with Gasteiger partial charge in [0.15, 0.2) is 5.96 Å². The summed E-state index contributed by atoms with van der Waals surface area (Å²) in [5.74, 6) is 2.46. The van der Waals surface area contributed by atoms with Crippen molar-refractivity contribution in [2.45, 2.75) is 52.7 Å². The molecule has 2 N–H and O–H groups in total. The Labute approximate surface area is 186 Å². The normalized spacial score (nSPS) is 15.2. The number of amides is 1. The Bertz CT molecular complexity index is 611. The van der Waals surface area contributed by atoms with Gasteiger partial charge >= 0.3 is 0 Å². The van der Waals surface area contributed by atoms with Crippen LogP contribution in [0.1, 0.15) is 45.6 Å². The molecule has 158 valence electrons. The Balaban J connectivity index is 0.00000392. The van der Waals surface area contributed by atoms with E-state index < -0.39 is 0 Å². The number of carbonyl (C=O) groups is 1. The summed E-state index contributed by atoms with van der Waals surface area (Å²) in [6.07, 6.45) is 2.86. The highest BCUT2D eigenvalue weighted by Gasteiger charge is 2.23. The second-order valence-corrected chi connectivity index (χ2v) is 7.29. The zero-order valence-electron chi connectivity index (χ0n) is 17.5. The molecule has 1 aromatic rings. The Hall–Kier alpha value is -1.51. The summed E-state index contributed by atoms with van der Waals surface area (Å²) in [5.41, 5.74) is 1.16. The van der Waals surface area contributed by atoms with Gasteiger partial charge in [0.25, 0.3) is 0 Å². The minimum Gasteiger partial charge on any atom is -0.491 e. The van der Waals surface area contributed by atoms with E-state index in [4.69, 9.17) is 9.73 Å². The van der Waals surface area contributed by atoms with E-state index in [-0.39, 0.29) is 36.0 Å². The number of hydrogen-bond acceptors (Lipinski definition) is 3. The monoisotopic (exact) mass is 502 g/mol. The molecule has 0 atom stereocenters. The van der Waals surface area contributed by atoms with Gasteiger partial charge in [-0.3, -0.25) is 4.79 Å². The van der Waals surface area contributed by atoms with Gasteiger partial charge in [-0.25, -0.2) is 4.99 Å². The first-order chi connectivity index (χ1) is 13.0.